The Morgan fingerprint density at radius 1 is 1.24 bits per heavy atom. The van der Waals surface area contributed by atoms with Crippen LogP contribution in [-0.4, -0.2) is 15.6 Å². The summed E-state index contributed by atoms with van der Waals surface area (Å²) in [5, 5.41) is 4.58. The summed E-state index contributed by atoms with van der Waals surface area (Å²) in [5.74, 6) is 0.259. The van der Waals surface area contributed by atoms with Gasteiger partial charge in [-0.15, -0.1) is 0 Å². The molecule has 17 heavy (non-hydrogen) atoms. The minimum absolute atomic E-state index is 0.0625. The van der Waals surface area contributed by atoms with Crippen molar-refractivity contribution >= 4 is 5.78 Å². The summed E-state index contributed by atoms with van der Waals surface area (Å²) in [6, 6.07) is 0. The molecule has 0 saturated carbocycles. The quantitative estimate of drug-likeness (QED) is 0.692. The van der Waals surface area contributed by atoms with Crippen molar-refractivity contribution in [3.8, 4) is 0 Å². The summed E-state index contributed by atoms with van der Waals surface area (Å²) in [4.78, 5) is 12.3. The standard InChI is InChI=1S/C14H22N2O/c1-13(2,3)12-11-9(16(6)15-12)7-14(4,5)8-10(11)17/h7-8H2,1-6H3. The molecule has 1 aromatic rings. The summed E-state index contributed by atoms with van der Waals surface area (Å²) in [7, 11) is 1.95. The fourth-order valence-electron chi connectivity index (χ4n) is 2.62. The fraction of sp³-hybridized carbons (Fsp3) is 0.714. The molecule has 0 aromatic carbocycles. The molecule has 0 atom stereocenters. The lowest BCUT2D eigenvalue weighted by atomic mass is 9.73. The molecular weight excluding hydrogens is 212 g/mol. The summed E-state index contributed by atoms with van der Waals surface area (Å²) < 4.78 is 1.90. The van der Waals surface area contributed by atoms with Crippen LogP contribution in [0.5, 0.6) is 0 Å². The van der Waals surface area contributed by atoms with Gasteiger partial charge >= 0.3 is 0 Å². The highest BCUT2D eigenvalue weighted by Gasteiger charge is 2.38. The van der Waals surface area contributed by atoms with E-state index in [0.717, 1.165) is 23.4 Å². The maximum Gasteiger partial charge on any atom is 0.167 e. The Hall–Kier alpha value is -1.12. The molecule has 94 valence electrons. The summed E-state index contributed by atoms with van der Waals surface area (Å²) >= 11 is 0. The first-order valence-corrected chi connectivity index (χ1v) is 6.21. The maximum atomic E-state index is 12.3. The van der Waals surface area contributed by atoms with E-state index in [0.29, 0.717) is 6.42 Å². The zero-order valence-corrected chi connectivity index (χ0v) is 11.7. The Balaban J connectivity index is 2.62. The zero-order chi connectivity index (χ0) is 13.0. The first-order valence-electron chi connectivity index (χ1n) is 6.21. The van der Waals surface area contributed by atoms with Gasteiger partial charge in [-0.2, -0.15) is 5.10 Å². The number of ketones is 1. The Labute approximate surface area is 103 Å². The Kier molecular flexibility index (Phi) is 2.49. The lowest BCUT2D eigenvalue weighted by Crippen LogP contribution is -2.29. The second kappa shape index (κ2) is 3.44. The van der Waals surface area contributed by atoms with Crippen LogP contribution in [0.4, 0.5) is 0 Å². The van der Waals surface area contributed by atoms with Gasteiger partial charge in [-0.3, -0.25) is 9.48 Å². The smallest absolute Gasteiger partial charge is 0.167 e. The molecule has 1 aliphatic rings. The number of rotatable bonds is 0. The van der Waals surface area contributed by atoms with Crippen LogP contribution in [-0.2, 0) is 18.9 Å². The molecule has 1 heterocycles. The van der Waals surface area contributed by atoms with Crippen LogP contribution in [0.15, 0.2) is 0 Å². The SMILES string of the molecule is Cn1nc(C(C)(C)C)c2c1CC(C)(C)CC2=O. The first kappa shape index (κ1) is 12.3. The number of hydrogen-bond donors (Lipinski definition) is 0. The van der Waals surface area contributed by atoms with E-state index in [4.69, 9.17) is 0 Å². The monoisotopic (exact) mass is 234 g/mol. The number of nitrogens with zero attached hydrogens (tertiary/aromatic N) is 2. The fourth-order valence-corrected chi connectivity index (χ4v) is 2.62. The predicted molar refractivity (Wildman–Crippen MR) is 68.3 cm³/mol. The van der Waals surface area contributed by atoms with Crippen molar-refractivity contribution < 1.29 is 4.79 Å². The maximum absolute atomic E-state index is 12.3. The van der Waals surface area contributed by atoms with Gasteiger partial charge in [0, 0.05) is 24.6 Å². The summed E-state index contributed by atoms with van der Waals surface area (Å²) in [6.07, 6.45) is 1.57. The van der Waals surface area contributed by atoms with Crippen LogP contribution < -0.4 is 0 Å². The number of aromatic nitrogens is 2. The highest BCUT2D eigenvalue weighted by molar-refractivity contribution is 6.00. The number of fused-ring (bicyclic) bond motifs is 1. The van der Waals surface area contributed by atoms with Crippen molar-refractivity contribution in [1.82, 2.24) is 9.78 Å². The van der Waals surface area contributed by atoms with Gasteiger partial charge in [-0.25, -0.2) is 0 Å². The largest absolute Gasteiger partial charge is 0.294 e. The normalized spacial score (nSPS) is 19.3. The molecule has 0 radical (unpaired) electrons. The molecular formula is C14H22N2O. The van der Waals surface area contributed by atoms with Crippen molar-refractivity contribution in [1.29, 1.82) is 0 Å². The van der Waals surface area contributed by atoms with Crippen molar-refractivity contribution in [2.45, 2.75) is 52.9 Å². The summed E-state index contributed by atoms with van der Waals surface area (Å²) in [6.45, 7) is 10.6. The van der Waals surface area contributed by atoms with Gasteiger partial charge in [-0.05, 0) is 11.8 Å². The number of Topliss-reactive ketones (excluding diaryl/α,β-unsaturated/α-hetero) is 1. The van der Waals surface area contributed by atoms with Crippen LogP contribution in [0.2, 0.25) is 0 Å². The average molecular weight is 234 g/mol. The van der Waals surface area contributed by atoms with Gasteiger partial charge in [-0.1, -0.05) is 34.6 Å². The van der Waals surface area contributed by atoms with Crippen LogP contribution in [0.3, 0.4) is 0 Å². The third-order valence-corrected chi connectivity index (χ3v) is 3.44. The van der Waals surface area contributed by atoms with Gasteiger partial charge in [0.2, 0.25) is 0 Å². The topological polar surface area (TPSA) is 34.9 Å². The number of aryl methyl sites for hydroxylation is 1. The number of carbonyl (C=O) groups is 1. The third-order valence-electron chi connectivity index (χ3n) is 3.44. The zero-order valence-electron chi connectivity index (χ0n) is 11.7. The second-order valence-electron chi connectivity index (χ2n) is 6.98. The molecule has 0 N–H and O–H groups in total. The van der Waals surface area contributed by atoms with Gasteiger partial charge in [0.05, 0.1) is 11.3 Å². The van der Waals surface area contributed by atoms with Crippen molar-refractivity contribution in [2.75, 3.05) is 0 Å². The molecule has 0 unspecified atom stereocenters. The van der Waals surface area contributed by atoms with Crippen LogP contribution in [0.1, 0.15) is 62.8 Å². The molecule has 1 aliphatic carbocycles. The molecule has 3 heteroatoms. The van der Waals surface area contributed by atoms with E-state index in [1.807, 2.05) is 11.7 Å². The molecule has 0 spiro atoms. The third kappa shape index (κ3) is 2.03. The first-order chi connectivity index (χ1) is 7.62. The van der Waals surface area contributed by atoms with E-state index in [-0.39, 0.29) is 16.6 Å². The average Bonchev–Trinajstić information content (AvgIpc) is 2.41. The number of carbonyl (C=O) groups excluding carboxylic acids is 1. The molecule has 0 fully saturated rings. The molecule has 0 amide bonds. The Morgan fingerprint density at radius 3 is 2.35 bits per heavy atom. The van der Waals surface area contributed by atoms with E-state index < -0.39 is 0 Å². The van der Waals surface area contributed by atoms with Crippen LogP contribution >= 0.6 is 0 Å². The lowest BCUT2D eigenvalue weighted by Gasteiger charge is -2.29. The van der Waals surface area contributed by atoms with E-state index >= 15 is 0 Å². The Morgan fingerprint density at radius 2 is 1.82 bits per heavy atom. The van der Waals surface area contributed by atoms with E-state index in [9.17, 15) is 4.79 Å². The van der Waals surface area contributed by atoms with Crippen LogP contribution in [0, 0.1) is 5.41 Å². The molecule has 2 rings (SSSR count). The Bertz CT molecular complexity index is 475. The van der Waals surface area contributed by atoms with Gasteiger partial charge in [0.1, 0.15) is 0 Å². The second-order valence-corrected chi connectivity index (χ2v) is 6.98. The molecule has 1 aromatic heterocycles. The minimum Gasteiger partial charge on any atom is -0.294 e. The highest BCUT2D eigenvalue weighted by atomic mass is 16.1. The van der Waals surface area contributed by atoms with Crippen molar-refractivity contribution in [3.05, 3.63) is 17.0 Å². The van der Waals surface area contributed by atoms with E-state index in [2.05, 4.69) is 39.7 Å². The van der Waals surface area contributed by atoms with Crippen molar-refractivity contribution in [3.63, 3.8) is 0 Å². The van der Waals surface area contributed by atoms with E-state index in [1.165, 1.54) is 0 Å². The predicted octanol–water partition coefficient (Wildman–Crippen LogP) is 2.87. The molecule has 0 bridgehead atoms. The lowest BCUT2D eigenvalue weighted by molar-refractivity contribution is 0.0908. The van der Waals surface area contributed by atoms with E-state index in [1.54, 1.807) is 0 Å². The van der Waals surface area contributed by atoms with Crippen molar-refractivity contribution in [2.24, 2.45) is 12.5 Å². The number of hydrogen-bond acceptors (Lipinski definition) is 2. The molecule has 0 saturated heterocycles. The van der Waals surface area contributed by atoms with Crippen LogP contribution in [0.25, 0.3) is 0 Å². The molecule has 3 nitrogen and oxygen atoms in total. The van der Waals surface area contributed by atoms with Gasteiger partial charge in [0.15, 0.2) is 5.78 Å². The molecule has 0 aliphatic heterocycles. The highest BCUT2D eigenvalue weighted by Crippen LogP contribution is 2.38. The minimum atomic E-state index is -0.0670. The van der Waals surface area contributed by atoms with Gasteiger partial charge < -0.3 is 0 Å². The summed E-state index contributed by atoms with van der Waals surface area (Å²) in [5.41, 5.74) is 2.95. The van der Waals surface area contributed by atoms with Gasteiger partial charge in [0.25, 0.3) is 0 Å².